The van der Waals surface area contributed by atoms with Gasteiger partial charge in [-0.1, -0.05) is 13.8 Å². The van der Waals surface area contributed by atoms with Crippen LogP contribution in [0.25, 0.3) is 0 Å². The fourth-order valence-electron chi connectivity index (χ4n) is 2.50. The van der Waals surface area contributed by atoms with E-state index in [4.69, 9.17) is 0 Å². The number of aryl methyl sites for hydroxylation is 1. The van der Waals surface area contributed by atoms with E-state index in [2.05, 4.69) is 29.0 Å². The van der Waals surface area contributed by atoms with Gasteiger partial charge in [0, 0.05) is 18.3 Å². The highest BCUT2D eigenvalue weighted by molar-refractivity contribution is 5.92. The Kier molecular flexibility index (Phi) is 4.42. The number of likely N-dealkylation sites (N-methyl/N-ethyl adjacent to an activating group) is 1. The monoisotopic (exact) mass is 249 g/mol. The number of carbonyl (C=O) groups is 1. The lowest BCUT2D eigenvalue weighted by atomic mass is 10.1. The minimum absolute atomic E-state index is 0.0256. The van der Waals surface area contributed by atoms with E-state index in [1.165, 1.54) is 6.42 Å². The predicted octanol–water partition coefficient (Wildman–Crippen LogP) is 1.79. The van der Waals surface area contributed by atoms with Crippen molar-refractivity contribution in [2.24, 2.45) is 0 Å². The molecule has 1 amide bonds. The van der Waals surface area contributed by atoms with Crippen LogP contribution >= 0.6 is 0 Å². The van der Waals surface area contributed by atoms with Crippen LogP contribution in [0.15, 0.2) is 12.1 Å². The van der Waals surface area contributed by atoms with E-state index in [0.717, 1.165) is 38.2 Å². The molecule has 0 radical (unpaired) electrons. The van der Waals surface area contributed by atoms with Gasteiger partial charge < -0.3 is 15.2 Å². The van der Waals surface area contributed by atoms with E-state index in [0.29, 0.717) is 11.7 Å². The zero-order chi connectivity index (χ0) is 13.0. The Morgan fingerprint density at radius 1 is 1.50 bits per heavy atom. The lowest BCUT2D eigenvalue weighted by Gasteiger charge is -2.32. The highest BCUT2D eigenvalue weighted by Crippen LogP contribution is 2.10. The standard InChI is InChI=1S/C14H23N3O/c1-3-11-7-8-13(15-11)14(18)16-12-6-5-9-17(4-2)10-12/h7-8,12,15H,3-6,9-10H2,1-2H3,(H,16,18)/t12-/m1/s1. The molecule has 1 fully saturated rings. The second kappa shape index (κ2) is 6.05. The van der Waals surface area contributed by atoms with Gasteiger partial charge in [-0.2, -0.15) is 0 Å². The number of carbonyl (C=O) groups excluding carboxylic acids is 1. The summed E-state index contributed by atoms with van der Waals surface area (Å²) in [6.45, 7) is 7.44. The van der Waals surface area contributed by atoms with Crippen LogP contribution in [0.1, 0.15) is 42.9 Å². The number of piperidine rings is 1. The molecule has 0 aromatic carbocycles. The minimum Gasteiger partial charge on any atom is -0.354 e. The summed E-state index contributed by atoms with van der Waals surface area (Å²) in [7, 11) is 0. The molecule has 1 aromatic heterocycles. The summed E-state index contributed by atoms with van der Waals surface area (Å²) in [5.74, 6) is 0.0256. The van der Waals surface area contributed by atoms with E-state index >= 15 is 0 Å². The fraction of sp³-hybridized carbons (Fsp3) is 0.643. The molecule has 2 heterocycles. The Morgan fingerprint density at radius 3 is 3.00 bits per heavy atom. The molecule has 1 saturated heterocycles. The highest BCUT2D eigenvalue weighted by atomic mass is 16.1. The number of likely N-dealkylation sites (tertiary alicyclic amines) is 1. The molecule has 0 bridgehead atoms. The molecule has 0 unspecified atom stereocenters. The molecule has 1 atom stereocenters. The van der Waals surface area contributed by atoms with Gasteiger partial charge in [-0.15, -0.1) is 0 Å². The number of rotatable bonds is 4. The number of aromatic nitrogens is 1. The third-order valence-electron chi connectivity index (χ3n) is 3.66. The number of aromatic amines is 1. The van der Waals surface area contributed by atoms with Crippen molar-refractivity contribution in [2.45, 2.75) is 39.2 Å². The second-order valence-electron chi connectivity index (χ2n) is 4.96. The van der Waals surface area contributed by atoms with Crippen LogP contribution in [0, 0.1) is 0 Å². The van der Waals surface area contributed by atoms with Crippen molar-refractivity contribution < 1.29 is 4.79 Å². The van der Waals surface area contributed by atoms with Crippen LogP contribution in [0.2, 0.25) is 0 Å². The highest BCUT2D eigenvalue weighted by Gasteiger charge is 2.21. The fourth-order valence-corrected chi connectivity index (χ4v) is 2.50. The largest absolute Gasteiger partial charge is 0.354 e. The predicted molar refractivity (Wildman–Crippen MR) is 72.8 cm³/mol. The van der Waals surface area contributed by atoms with Crippen molar-refractivity contribution in [2.75, 3.05) is 19.6 Å². The van der Waals surface area contributed by atoms with Gasteiger partial charge in [-0.3, -0.25) is 4.79 Å². The van der Waals surface area contributed by atoms with Gasteiger partial charge in [0.15, 0.2) is 0 Å². The van der Waals surface area contributed by atoms with E-state index in [-0.39, 0.29) is 5.91 Å². The first-order chi connectivity index (χ1) is 8.72. The maximum atomic E-state index is 12.1. The molecule has 1 aliphatic heterocycles. The second-order valence-corrected chi connectivity index (χ2v) is 4.96. The molecule has 0 saturated carbocycles. The van der Waals surface area contributed by atoms with Gasteiger partial charge in [0.2, 0.25) is 0 Å². The van der Waals surface area contributed by atoms with Crippen molar-refractivity contribution in [3.63, 3.8) is 0 Å². The van der Waals surface area contributed by atoms with Gasteiger partial charge in [-0.05, 0) is 44.5 Å². The number of nitrogens with one attached hydrogen (secondary N) is 2. The molecule has 1 aliphatic rings. The number of nitrogens with zero attached hydrogens (tertiary/aromatic N) is 1. The summed E-state index contributed by atoms with van der Waals surface area (Å²) >= 11 is 0. The number of hydrogen-bond acceptors (Lipinski definition) is 2. The molecule has 2 rings (SSSR count). The molecule has 4 nitrogen and oxygen atoms in total. The van der Waals surface area contributed by atoms with Crippen molar-refractivity contribution in [3.05, 3.63) is 23.5 Å². The maximum Gasteiger partial charge on any atom is 0.267 e. The van der Waals surface area contributed by atoms with Crippen LogP contribution in [-0.2, 0) is 6.42 Å². The van der Waals surface area contributed by atoms with Crippen LogP contribution in [-0.4, -0.2) is 41.5 Å². The van der Waals surface area contributed by atoms with Crippen LogP contribution in [0.5, 0.6) is 0 Å². The average molecular weight is 249 g/mol. The van der Waals surface area contributed by atoms with Crippen molar-refractivity contribution in [1.82, 2.24) is 15.2 Å². The van der Waals surface area contributed by atoms with E-state index in [1.807, 2.05) is 12.1 Å². The summed E-state index contributed by atoms with van der Waals surface area (Å²) in [4.78, 5) is 17.6. The van der Waals surface area contributed by atoms with Crippen molar-refractivity contribution >= 4 is 5.91 Å². The normalized spacial score (nSPS) is 20.9. The molecule has 1 aromatic rings. The number of amides is 1. The Morgan fingerprint density at radius 2 is 2.33 bits per heavy atom. The summed E-state index contributed by atoms with van der Waals surface area (Å²) in [6, 6.07) is 4.14. The molecule has 2 N–H and O–H groups in total. The van der Waals surface area contributed by atoms with Crippen LogP contribution in [0.4, 0.5) is 0 Å². The summed E-state index contributed by atoms with van der Waals surface area (Å²) < 4.78 is 0. The van der Waals surface area contributed by atoms with Crippen LogP contribution in [0.3, 0.4) is 0 Å². The molecule has 18 heavy (non-hydrogen) atoms. The Bertz CT molecular complexity index is 399. The van der Waals surface area contributed by atoms with Gasteiger partial charge >= 0.3 is 0 Å². The van der Waals surface area contributed by atoms with E-state index in [1.54, 1.807) is 0 Å². The summed E-state index contributed by atoms with van der Waals surface area (Å²) in [5.41, 5.74) is 1.79. The van der Waals surface area contributed by atoms with Gasteiger partial charge in [0.05, 0.1) is 0 Å². The number of hydrogen-bond donors (Lipinski definition) is 2. The quantitative estimate of drug-likeness (QED) is 0.854. The third-order valence-corrected chi connectivity index (χ3v) is 3.66. The first-order valence-corrected chi connectivity index (χ1v) is 6.94. The maximum absolute atomic E-state index is 12.1. The Balaban J connectivity index is 1.90. The average Bonchev–Trinajstić information content (AvgIpc) is 2.88. The molecular formula is C14H23N3O. The van der Waals surface area contributed by atoms with Crippen LogP contribution < -0.4 is 5.32 Å². The van der Waals surface area contributed by atoms with Crippen molar-refractivity contribution in [1.29, 1.82) is 0 Å². The lowest BCUT2D eigenvalue weighted by molar-refractivity contribution is 0.0901. The molecule has 0 aliphatic carbocycles. The lowest BCUT2D eigenvalue weighted by Crippen LogP contribution is -2.47. The van der Waals surface area contributed by atoms with Gasteiger partial charge in [0.25, 0.3) is 5.91 Å². The first-order valence-electron chi connectivity index (χ1n) is 6.94. The topological polar surface area (TPSA) is 48.1 Å². The molecule has 4 heteroatoms. The smallest absolute Gasteiger partial charge is 0.267 e. The Labute approximate surface area is 109 Å². The third kappa shape index (κ3) is 3.13. The molecule has 100 valence electrons. The summed E-state index contributed by atoms with van der Waals surface area (Å²) in [5, 5.41) is 3.13. The van der Waals surface area contributed by atoms with Gasteiger partial charge in [0.1, 0.15) is 5.69 Å². The van der Waals surface area contributed by atoms with Crippen molar-refractivity contribution in [3.8, 4) is 0 Å². The molecular weight excluding hydrogens is 226 g/mol. The minimum atomic E-state index is 0.0256. The first kappa shape index (κ1) is 13.1. The Hall–Kier alpha value is -1.29. The van der Waals surface area contributed by atoms with Gasteiger partial charge in [-0.25, -0.2) is 0 Å². The summed E-state index contributed by atoms with van der Waals surface area (Å²) in [6.07, 6.45) is 3.19. The van der Waals surface area contributed by atoms with E-state index in [9.17, 15) is 4.79 Å². The zero-order valence-corrected chi connectivity index (χ0v) is 11.3. The SMILES string of the molecule is CCc1ccc(C(=O)N[C@@H]2CCCN(CC)C2)[nH]1. The van der Waals surface area contributed by atoms with E-state index < -0.39 is 0 Å². The number of H-pyrrole nitrogens is 1. The molecule has 0 spiro atoms. The zero-order valence-electron chi connectivity index (χ0n) is 11.3.